The van der Waals surface area contributed by atoms with E-state index in [0.29, 0.717) is 27.9 Å². The van der Waals surface area contributed by atoms with Crippen molar-refractivity contribution in [2.45, 2.75) is 6.92 Å². The summed E-state index contributed by atoms with van der Waals surface area (Å²) >= 11 is 0. The van der Waals surface area contributed by atoms with Crippen LogP contribution in [0.25, 0.3) is 16.6 Å². The highest BCUT2D eigenvalue weighted by atomic mass is 16.5. The summed E-state index contributed by atoms with van der Waals surface area (Å²) in [4.78, 5) is 25.9. The number of fused-ring (bicyclic) bond motifs is 1. The van der Waals surface area contributed by atoms with Crippen molar-refractivity contribution in [2.24, 2.45) is 5.10 Å². The summed E-state index contributed by atoms with van der Waals surface area (Å²) in [7, 11) is 1.54. The summed E-state index contributed by atoms with van der Waals surface area (Å²) in [5.41, 5.74) is 3.82. The van der Waals surface area contributed by atoms with Crippen LogP contribution in [0.5, 0.6) is 11.5 Å². The third-order valence-electron chi connectivity index (χ3n) is 5.11. The van der Waals surface area contributed by atoms with E-state index < -0.39 is 11.5 Å². The lowest BCUT2D eigenvalue weighted by molar-refractivity contribution is 0.0954. The van der Waals surface area contributed by atoms with Gasteiger partial charge in [0.2, 0.25) is 0 Å². The number of nitrogens with zero attached hydrogens (tertiary/aromatic N) is 2. The molecule has 0 unspecified atom stereocenters. The molecule has 32 heavy (non-hydrogen) atoms. The van der Waals surface area contributed by atoms with Crippen molar-refractivity contribution in [3.05, 3.63) is 100 Å². The fourth-order valence-corrected chi connectivity index (χ4v) is 3.48. The molecular formula is C25H21N3O4. The first-order valence-electron chi connectivity index (χ1n) is 9.92. The molecule has 0 atom stereocenters. The van der Waals surface area contributed by atoms with Crippen LogP contribution in [0.2, 0.25) is 0 Å². The number of hydrazone groups is 1. The number of benzene rings is 3. The Morgan fingerprint density at radius 2 is 1.62 bits per heavy atom. The molecule has 3 aromatic carbocycles. The van der Waals surface area contributed by atoms with Crippen molar-refractivity contribution in [3.63, 3.8) is 0 Å². The van der Waals surface area contributed by atoms with Gasteiger partial charge in [0.05, 0.1) is 18.3 Å². The van der Waals surface area contributed by atoms with Crippen LogP contribution >= 0.6 is 0 Å². The second-order valence-electron chi connectivity index (χ2n) is 7.08. The van der Waals surface area contributed by atoms with Gasteiger partial charge in [0.15, 0.2) is 0 Å². The van der Waals surface area contributed by atoms with E-state index in [4.69, 9.17) is 4.74 Å². The van der Waals surface area contributed by atoms with Crippen LogP contribution in [0.15, 0.2) is 88.8 Å². The van der Waals surface area contributed by atoms with Crippen LogP contribution in [0.3, 0.4) is 0 Å². The Labute approximate surface area is 184 Å². The van der Waals surface area contributed by atoms with E-state index >= 15 is 0 Å². The molecule has 0 saturated carbocycles. The number of ether oxygens (including phenoxy) is 1. The molecule has 4 aromatic rings. The van der Waals surface area contributed by atoms with Crippen LogP contribution in [0.4, 0.5) is 0 Å². The topological polar surface area (TPSA) is 92.9 Å². The molecular weight excluding hydrogens is 406 g/mol. The molecule has 160 valence electrons. The molecule has 0 aliphatic rings. The Balaban J connectivity index is 1.78. The second kappa shape index (κ2) is 8.77. The first kappa shape index (κ1) is 20.9. The number of aromatic nitrogens is 1. The van der Waals surface area contributed by atoms with Gasteiger partial charge in [-0.05, 0) is 55.5 Å². The number of carbonyl (C=O) groups is 1. The highest BCUT2D eigenvalue weighted by Gasteiger charge is 2.19. The molecule has 1 amide bonds. The van der Waals surface area contributed by atoms with Crippen molar-refractivity contribution in [3.8, 4) is 17.2 Å². The van der Waals surface area contributed by atoms with E-state index in [1.54, 1.807) is 62.6 Å². The highest BCUT2D eigenvalue weighted by Crippen LogP contribution is 2.28. The van der Waals surface area contributed by atoms with E-state index in [2.05, 4.69) is 10.5 Å². The summed E-state index contributed by atoms with van der Waals surface area (Å²) in [5.74, 6) is -0.00262. The lowest BCUT2D eigenvalue weighted by Gasteiger charge is -2.15. The zero-order valence-electron chi connectivity index (χ0n) is 17.6. The van der Waals surface area contributed by atoms with Gasteiger partial charge in [0.1, 0.15) is 17.1 Å². The summed E-state index contributed by atoms with van der Waals surface area (Å²) in [5, 5.41) is 15.5. The maximum absolute atomic E-state index is 13.4. The number of methoxy groups -OCH3 is 1. The number of nitrogens with one attached hydrogen (secondary N) is 1. The molecule has 0 spiro atoms. The molecule has 0 aliphatic carbocycles. The van der Waals surface area contributed by atoms with Gasteiger partial charge in [0, 0.05) is 16.6 Å². The zero-order chi connectivity index (χ0) is 22.7. The normalized spacial score (nSPS) is 11.4. The van der Waals surface area contributed by atoms with Gasteiger partial charge >= 0.3 is 0 Å². The minimum absolute atomic E-state index is 0.0163. The second-order valence-corrected chi connectivity index (χ2v) is 7.08. The largest absolute Gasteiger partial charge is 0.506 e. The van der Waals surface area contributed by atoms with Crippen LogP contribution < -0.4 is 15.7 Å². The fourth-order valence-electron chi connectivity index (χ4n) is 3.48. The van der Waals surface area contributed by atoms with Crippen LogP contribution in [0, 0.1) is 0 Å². The third-order valence-corrected chi connectivity index (χ3v) is 5.11. The van der Waals surface area contributed by atoms with Gasteiger partial charge in [0.25, 0.3) is 11.5 Å². The predicted octanol–water partition coefficient (Wildman–Crippen LogP) is 3.86. The molecule has 0 aliphatic heterocycles. The van der Waals surface area contributed by atoms with Crippen molar-refractivity contribution in [2.75, 3.05) is 7.11 Å². The third kappa shape index (κ3) is 3.83. The first-order valence-corrected chi connectivity index (χ1v) is 9.92. The fraction of sp³-hybridized carbons (Fsp3) is 0.0800. The molecule has 7 nitrogen and oxygen atoms in total. The molecule has 0 fully saturated rings. The maximum atomic E-state index is 13.4. The summed E-state index contributed by atoms with van der Waals surface area (Å²) < 4.78 is 6.61. The van der Waals surface area contributed by atoms with E-state index in [-0.39, 0.29) is 17.0 Å². The van der Waals surface area contributed by atoms with Gasteiger partial charge in [-0.15, -0.1) is 0 Å². The molecule has 4 rings (SSSR count). The molecule has 0 bridgehead atoms. The SMILES string of the molecule is COc1ccc(C(=O)N/N=C(\C)c2c(O)c3ccccc3n(-c3ccccc3)c2=O)cc1. The number of pyridine rings is 1. The first-order chi connectivity index (χ1) is 15.5. The minimum Gasteiger partial charge on any atom is -0.506 e. The van der Waals surface area contributed by atoms with Crippen molar-refractivity contribution >= 4 is 22.5 Å². The quantitative estimate of drug-likeness (QED) is 0.374. The van der Waals surface area contributed by atoms with Crippen molar-refractivity contribution in [1.29, 1.82) is 0 Å². The summed E-state index contributed by atoms with van der Waals surface area (Å²) in [6.07, 6.45) is 0. The maximum Gasteiger partial charge on any atom is 0.271 e. The van der Waals surface area contributed by atoms with E-state index in [9.17, 15) is 14.7 Å². The Hall–Kier alpha value is -4.39. The number of aromatic hydroxyl groups is 1. The van der Waals surface area contributed by atoms with Crippen LogP contribution in [0.1, 0.15) is 22.8 Å². The average Bonchev–Trinajstić information content (AvgIpc) is 2.83. The van der Waals surface area contributed by atoms with E-state index in [1.165, 1.54) is 4.57 Å². The molecule has 0 radical (unpaired) electrons. The molecule has 0 saturated heterocycles. The Bertz CT molecular complexity index is 1370. The lowest BCUT2D eigenvalue weighted by atomic mass is 10.1. The predicted molar refractivity (Wildman–Crippen MR) is 124 cm³/mol. The minimum atomic E-state index is -0.448. The molecule has 2 N–H and O–H groups in total. The molecule has 1 heterocycles. The lowest BCUT2D eigenvalue weighted by Crippen LogP contribution is -2.27. The van der Waals surface area contributed by atoms with Gasteiger partial charge in [-0.3, -0.25) is 14.2 Å². The molecule has 1 aromatic heterocycles. The van der Waals surface area contributed by atoms with Crippen molar-refractivity contribution in [1.82, 2.24) is 9.99 Å². The van der Waals surface area contributed by atoms with Gasteiger partial charge in [-0.2, -0.15) is 5.10 Å². The number of hydrogen-bond donors (Lipinski definition) is 2. The smallest absolute Gasteiger partial charge is 0.271 e. The Kier molecular flexibility index (Phi) is 5.72. The average molecular weight is 427 g/mol. The van der Waals surface area contributed by atoms with Crippen molar-refractivity contribution < 1.29 is 14.6 Å². The monoisotopic (exact) mass is 427 g/mol. The number of rotatable bonds is 5. The van der Waals surface area contributed by atoms with Gasteiger partial charge in [-0.1, -0.05) is 30.3 Å². The molecule has 7 heteroatoms. The standard InChI is InChI=1S/C25H21N3O4/c1-16(26-27-24(30)17-12-14-19(32-2)15-13-17)22-23(29)20-10-6-7-11-21(20)28(25(22)31)18-8-4-3-5-9-18/h3-15,29H,1-2H3,(H,27,30)/b26-16+. The van der Waals surface area contributed by atoms with Crippen LogP contribution in [-0.4, -0.2) is 28.4 Å². The number of hydrogen-bond acceptors (Lipinski definition) is 5. The van der Waals surface area contributed by atoms with Crippen LogP contribution in [-0.2, 0) is 0 Å². The summed E-state index contributed by atoms with van der Waals surface area (Å²) in [6, 6.07) is 22.8. The summed E-state index contributed by atoms with van der Waals surface area (Å²) in [6.45, 7) is 1.56. The van der Waals surface area contributed by atoms with Gasteiger partial charge < -0.3 is 9.84 Å². The number of amides is 1. The van der Waals surface area contributed by atoms with E-state index in [1.807, 2.05) is 30.3 Å². The van der Waals surface area contributed by atoms with E-state index in [0.717, 1.165) is 0 Å². The number of carbonyl (C=O) groups excluding carboxylic acids is 1. The number of para-hydroxylation sites is 2. The Morgan fingerprint density at radius 3 is 2.31 bits per heavy atom. The highest BCUT2D eigenvalue weighted by molar-refractivity contribution is 6.06. The van der Waals surface area contributed by atoms with Gasteiger partial charge in [-0.25, -0.2) is 5.43 Å². The Morgan fingerprint density at radius 1 is 0.969 bits per heavy atom. The zero-order valence-corrected chi connectivity index (χ0v) is 17.6.